The van der Waals surface area contributed by atoms with E-state index >= 15 is 0 Å². The number of hydrogen-bond acceptors (Lipinski definition) is 1. The monoisotopic (exact) mass is 155 g/mol. The molecule has 1 fully saturated rings. The van der Waals surface area contributed by atoms with Gasteiger partial charge >= 0.3 is 0 Å². The Kier molecular flexibility index (Phi) is 3.38. The second-order valence-corrected chi connectivity index (χ2v) is 3.77. The maximum Gasteiger partial charge on any atom is 0.0178 e. The quantitative estimate of drug-likeness (QED) is 0.660. The molecule has 1 heterocycles. The Hall–Kier alpha value is -0.0400. The minimum Gasteiger partial charge on any atom is -0.311 e. The van der Waals surface area contributed by atoms with Gasteiger partial charge in [-0.2, -0.15) is 0 Å². The van der Waals surface area contributed by atoms with Crippen LogP contribution >= 0.6 is 0 Å². The summed E-state index contributed by atoms with van der Waals surface area (Å²) in [5, 5.41) is 3.68. The molecular formula is C10H21N. The summed E-state index contributed by atoms with van der Waals surface area (Å²) in [5.41, 5.74) is 0.521. The number of rotatable bonds is 3. The predicted octanol–water partition coefficient (Wildman–Crippen LogP) is 2.71. The van der Waals surface area contributed by atoms with Gasteiger partial charge in [0, 0.05) is 5.54 Å². The van der Waals surface area contributed by atoms with Gasteiger partial charge in [-0.1, -0.05) is 26.7 Å². The molecule has 1 aliphatic heterocycles. The Labute approximate surface area is 70.6 Å². The van der Waals surface area contributed by atoms with E-state index in [9.17, 15) is 0 Å². The normalized spacial score (nSPS) is 32.2. The zero-order chi connectivity index (χ0) is 8.16. The molecule has 0 aromatic rings. The van der Waals surface area contributed by atoms with Crippen LogP contribution in [0.1, 0.15) is 52.4 Å². The van der Waals surface area contributed by atoms with Crippen LogP contribution in [-0.4, -0.2) is 12.1 Å². The lowest BCUT2D eigenvalue weighted by atomic mass is 9.83. The molecule has 1 saturated heterocycles. The third-order valence-corrected chi connectivity index (χ3v) is 2.99. The van der Waals surface area contributed by atoms with E-state index in [1.807, 2.05) is 0 Å². The van der Waals surface area contributed by atoms with Crippen molar-refractivity contribution in [2.24, 2.45) is 0 Å². The molecule has 11 heavy (non-hydrogen) atoms. The maximum absolute atomic E-state index is 3.68. The lowest BCUT2D eigenvalue weighted by Gasteiger charge is -2.37. The van der Waals surface area contributed by atoms with Gasteiger partial charge < -0.3 is 5.32 Å². The van der Waals surface area contributed by atoms with E-state index in [1.54, 1.807) is 0 Å². The standard InChI is InChI=1S/C10H21N/c1-3-7-10(4-2)8-5-6-9-11-10/h11H,3-9H2,1-2H3. The van der Waals surface area contributed by atoms with Crippen LogP contribution in [0, 0.1) is 0 Å². The van der Waals surface area contributed by atoms with Crippen LogP contribution in [-0.2, 0) is 0 Å². The molecule has 0 bridgehead atoms. The largest absolute Gasteiger partial charge is 0.311 e. The van der Waals surface area contributed by atoms with E-state index in [0.717, 1.165) is 0 Å². The van der Waals surface area contributed by atoms with E-state index in [0.29, 0.717) is 5.54 Å². The summed E-state index contributed by atoms with van der Waals surface area (Å²) in [6, 6.07) is 0. The zero-order valence-corrected chi connectivity index (χ0v) is 7.95. The van der Waals surface area contributed by atoms with Gasteiger partial charge in [0.15, 0.2) is 0 Å². The lowest BCUT2D eigenvalue weighted by molar-refractivity contribution is 0.227. The molecule has 0 aliphatic carbocycles. The van der Waals surface area contributed by atoms with Crippen LogP contribution in [0.5, 0.6) is 0 Å². The minimum atomic E-state index is 0.521. The molecule has 0 radical (unpaired) electrons. The molecule has 1 nitrogen and oxygen atoms in total. The van der Waals surface area contributed by atoms with Gasteiger partial charge in [-0.3, -0.25) is 0 Å². The molecule has 0 aromatic heterocycles. The fourth-order valence-corrected chi connectivity index (χ4v) is 2.20. The summed E-state index contributed by atoms with van der Waals surface area (Å²) >= 11 is 0. The molecule has 1 heteroatoms. The molecular weight excluding hydrogens is 134 g/mol. The Bertz CT molecular complexity index is 97.9. The highest BCUT2D eigenvalue weighted by atomic mass is 15.0. The van der Waals surface area contributed by atoms with Crippen molar-refractivity contribution in [2.75, 3.05) is 6.54 Å². The highest BCUT2D eigenvalue weighted by Crippen LogP contribution is 2.27. The third kappa shape index (κ3) is 2.19. The molecule has 1 rings (SSSR count). The molecule has 0 aromatic carbocycles. The van der Waals surface area contributed by atoms with Crippen LogP contribution in [0.15, 0.2) is 0 Å². The third-order valence-electron chi connectivity index (χ3n) is 2.99. The molecule has 1 unspecified atom stereocenters. The smallest absolute Gasteiger partial charge is 0.0178 e. The van der Waals surface area contributed by atoms with Crippen LogP contribution in [0.25, 0.3) is 0 Å². The number of piperidine rings is 1. The van der Waals surface area contributed by atoms with Gasteiger partial charge in [-0.05, 0) is 32.2 Å². The summed E-state index contributed by atoms with van der Waals surface area (Å²) in [6.07, 6.45) is 8.20. The van der Waals surface area contributed by atoms with Crippen molar-refractivity contribution in [3.8, 4) is 0 Å². The van der Waals surface area contributed by atoms with Crippen molar-refractivity contribution in [1.82, 2.24) is 5.32 Å². The van der Waals surface area contributed by atoms with Crippen molar-refractivity contribution in [1.29, 1.82) is 0 Å². The lowest BCUT2D eigenvalue weighted by Crippen LogP contribution is -2.47. The van der Waals surface area contributed by atoms with Crippen molar-refractivity contribution in [2.45, 2.75) is 57.9 Å². The first kappa shape index (κ1) is 9.05. The molecule has 1 N–H and O–H groups in total. The van der Waals surface area contributed by atoms with Crippen molar-refractivity contribution < 1.29 is 0 Å². The highest BCUT2D eigenvalue weighted by Gasteiger charge is 2.27. The fourth-order valence-electron chi connectivity index (χ4n) is 2.20. The Morgan fingerprint density at radius 3 is 2.55 bits per heavy atom. The first-order chi connectivity index (χ1) is 5.33. The molecule has 0 spiro atoms. The van der Waals surface area contributed by atoms with Gasteiger partial charge in [0.1, 0.15) is 0 Å². The first-order valence-electron chi connectivity index (χ1n) is 5.08. The van der Waals surface area contributed by atoms with Crippen LogP contribution < -0.4 is 5.32 Å². The Morgan fingerprint density at radius 1 is 1.27 bits per heavy atom. The predicted molar refractivity (Wildman–Crippen MR) is 49.8 cm³/mol. The average molecular weight is 155 g/mol. The second kappa shape index (κ2) is 4.10. The van der Waals surface area contributed by atoms with E-state index in [-0.39, 0.29) is 0 Å². The summed E-state index contributed by atoms with van der Waals surface area (Å²) < 4.78 is 0. The van der Waals surface area contributed by atoms with Gasteiger partial charge in [-0.25, -0.2) is 0 Å². The van der Waals surface area contributed by atoms with Crippen molar-refractivity contribution in [3.63, 3.8) is 0 Å². The van der Waals surface area contributed by atoms with Crippen LogP contribution in [0.3, 0.4) is 0 Å². The van der Waals surface area contributed by atoms with E-state index < -0.39 is 0 Å². The average Bonchev–Trinajstić information content (AvgIpc) is 2.07. The molecule has 0 amide bonds. The number of hydrogen-bond donors (Lipinski definition) is 1. The summed E-state index contributed by atoms with van der Waals surface area (Å²) in [5.74, 6) is 0. The van der Waals surface area contributed by atoms with Crippen molar-refractivity contribution >= 4 is 0 Å². The van der Waals surface area contributed by atoms with Gasteiger partial charge in [0.2, 0.25) is 0 Å². The maximum atomic E-state index is 3.68. The fraction of sp³-hybridized carbons (Fsp3) is 1.00. The summed E-state index contributed by atoms with van der Waals surface area (Å²) in [7, 11) is 0. The molecule has 1 aliphatic rings. The molecule has 0 saturated carbocycles. The molecule has 1 atom stereocenters. The van der Waals surface area contributed by atoms with Gasteiger partial charge in [-0.15, -0.1) is 0 Å². The van der Waals surface area contributed by atoms with E-state index in [2.05, 4.69) is 19.2 Å². The Balaban J connectivity index is 2.42. The van der Waals surface area contributed by atoms with E-state index in [4.69, 9.17) is 0 Å². The Morgan fingerprint density at radius 2 is 2.09 bits per heavy atom. The highest BCUT2D eigenvalue weighted by molar-refractivity contribution is 4.88. The summed E-state index contributed by atoms with van der Waals surface area (Å²) in [6.45, 7) is 5.84. The van der Waals surface area contributed by atoms with E-state index in [1.165, 1.54) is 45.1 Å². The topological polar surface area (TPSA) is 12.0 Å². The summed E-state index contributed by atoms with van der Waals surface area (Å²) in [4.78, 5) is 0. The number of nitrogens with one attached hydrogen (secondary N) is 1. The van der Waals surface area contributed by atoms with Crippen LogP contribution in [0.2, 0.25) is 0 Å². The van der Waals surface area contributed by atoms with Crippen molar-refractivity contribution in [3.05, 3.63) is 0 Å². The molecule has 66 valence electrons. The van der Waals surface area contributed by atoms with Gasteiger partial charge in [0.05, 0.1) is 0 Å². The van der Waals surface area contributed by atoms with Gasteiger partial charge in [0.25, 0.3) is 0 Å². The minimum absolute atomic E-state index is 0.521. The van der Waals surface area contributed by atoms with Crippen LogP contribution in [0.4, 0.5) is 0 Å². The second-order valence-electron chi connectivity index (χ2n) is 3.77. The zero-order valence-electron chi connectivity index (χ0n) is 7.95. The SMILES string of the molecule is CCCC1(CC)CCCCN1. The first-order valence-corrected chi connectivity index (χ1v) is 5.08.